The monoisotopic (exact) mass is 469 g/mol. The normalized spacial score (nSPS) is 11.6. The molecule has 3 aromatic carbocycles. The van der Waals surface area contributed by atoms with E-state index in [0.29, 0.717) is 17.7 Å². The molecule has 178 valence electrons. The summed E-state index contributed by atoms with van der Waals surface area (Å²) in [5.74, 6) is -1.29. The van der Waals surface area contributed by atoms with Gasteiger partial charge in [-0.1, -0.05) is 60.7 Å². The highest BCUT2D eigenvalue weighted by Gasteiger charge is 2.17. The van der Waals surface area contributed by atoms with Crippen molar-refractivity contribution in [2.75, 3.05) is 11.9 Å². The Kier molecular flexibility index (Phi) is 7.57. The third-order valence-electron chi connectivity index (χ3n) is 5.73. The second kappa shape index (κ2) is 11.2. The first-order chi connectivity index (χ1) is 17.0. The number of aryl methyl sites for hydroxylation is 1. The lowest BCUT2D eigenvalue weighted by Gasteiger charge is -2.16. The number of rotatable bonds is 9. The number of nitrogens with one attached hydrogen (secondary N) is 3. The highest BCUT2D eigenvalue weighted by Crippen LogP contribution is 2.20. The maximum Gasteiger partial charge on any atom is 0.306 e. The number of para-hydroxylation sites is 2. The number of anilines is 1. The van der Waals surface area contributed by atoms with Crippen molar-refractivity contribution in [2.45, 2.75) is 25.8 Å². The van der Waals surface area contributed by atoms with Crippen molar-refractivity contribution in [3.63, 3.8) is 0 Å². The third-order valence-corrected chi connectivity index (χ3v) is 5.73. The number of hydrogen-bond donors (Lipinski definition) is 3. The van der Waals surface area contributed by atoms with Crippen LogP contribution in [0.25, 0.3) is 10.9 Å². The first-order valence-electron chi connectivity index (χ1n) is 11.5. The van der Waals surface area contributed by atoms with Gasteiger partial charge in [0.1, 0.15) is 0 Å². The summed E-state index contributed by atoms with van der Waals surface area (Å²) < 4.78 is 5.15. The maximum absolute atomic E-state index is 12.8. The van der Waals surface area contributed by atoms with Gasteiger partial charge in [-0.2, -0.15) is 0 Å². The van der Waals surface area contributed by atoms with E-state index in [1.54, 1.807) is 24.3 Å². The Morgan fingerprint density at radius 1 is 0.914 bits per heavy atom. The van der Waals surface area contributed by atoms with Crippen molar-refractivity contribution < 1.29 is 19.1 Å². The molecule has 0 radical (unpaired) electrons. The smallest absolute Gasteiger partial charge is 0.306 e. The second-order valence-electron chi connectivity index (χ2n) is 8.22. The van der Waals surface area contributed by atoms with Gasteiger partial charge in [-0.3, -0.25) is 14.4 Å². The fraction of sp³-hybridized carbons (Fsp3) is 0.179. The lowest BCUT2D eigenvalue weighted by molar-refractivity contribution is -0.147. The number of carbonyl (C=O) groups excluding carboxylic acids is 3. The lowest BCUT2D eigenvalue weighted by Crippen LogP contribution is -2.28. The third kappa shape index (κ3) is 6.14. The summed E-state index contributed by atoms with van der Waals surface area (Å²) in [5, 5.41) is 6.68. The minimum Gasteiger partial charge on any atom is -0.456 e. The molecule has 4 aromatic rings. The van der Waals surface area contributed by atoms with E-state index in [2.05, 4.69) is 15.6 Å². The van der Waals surface area contributed by atoms with Gasteiger partial charge in [-0.25, -0.2) is 0 Å². The molecule has 2 amide bonds. The fourth-order valence-electron chi connectivity index (χ4n) is 3.87. The van der Waals surface area contributed by atoms with E-state index in [1.807, 2.05) is 67.7 Å². The summed E-state index contributed by atoms with van der Waals surface area (Å²) in [6.45, 7) is 1.47. The van der Waals surface area contributed by atoms with Gasteiger partial charge in [-0.05, 0) is 42.7 Å². The van der Waals surface area contributed by atoms with E-state index < -0.39 is 18.5 Å². The summed E-state index contributed by atoms with van der Waals surface area (Å²) in [4.78, 5) is 40.6. The van der Waals surface area contributed by atoms with Crippen LogP contribution in [-0.2, 0) is 20.7 Å². The molecule has 35 heavy (non-hydrogen) atoms. The van der Waals surface area contributed by atoms with Crippen LogP contribution < -0.4 is 10.6 Å². The Labute approximate surface area is 203 Å². The van der Waals surface area contributed by atoms with Gasteiger partial charge in [0.2, 0.25) is 0 Å². The van der Waals surface area contributed by atoms with Crippen molar-refractivity contribution in [3.8, 4) is 0 Å². The van der Waals surface area contributed by atoms with Gasteiger partial charge in [0.25, 0.3) is 11.8 Å². The molecule has 1 unspecified atom stereocenters. The van der Waals surface area contributed by atoms with Crippen LogP contribution in [0.15, 0.2) is 85.1 Å². The van der Waals surface area contributed by atoms with Crippen molar-refractivity contribution >= 4 is 34.4 Å². The molecule has 7 heteroatoms. The minimum atomic E-state index is -0.512. The minimum absolute atomic E-state index is 0.158. The number of esters is 1. The number of amides is 2. The van der Waals surface area contributed by atoms with E-state index in [1.165, 1.54) is 0 Å². The number of hydrogen-bond acceptors (Lipinski definition) is 4. The number of carbonyl (C=O) groups is 3. The van der Waals surface area contributed by atoms with Crippen LogP contribution in [-0.4, -0.2) is 29.4 Å². The summed E-state index contributed by atoms with van der Waals surface area (Å²) in [7, 11) is 0. The highest BCUT2D eigenvalue weighted by molar-refractivity contribution is 6.04. The molecule has 0 saturated heterocycles. The fourth-order valence-corrected chi connectivity index (χ4v) is 3.87. The molecule has 4 rings (SSSR count). The predicted octanol–water partition coefficient (Wildman–Crippen LogP) is 4.77. The van der Waals surface area contributed by atoms with Crippen LogP contribution >= 0.6 is 0 Å². The summed E-state index contributed by atoms with van der Waals surface area (Å²) in [6.07, 6.45) is 2.55. The Morgan fingerprint density at radius 2 is 1.63 bits per heavy atom. The largest absolute Gasteiger partial charge is 0.456 e. The van der Waals surface area contributed by atoms with Crippen LogP contribution in [0.2, 0.25) is 0 Å². The summed E-state index contributed by atoms with van der Waals surface area (Å²) >= 11 is 0. The molecule has 3 N–H and O–H groups in total. The predicted molar refractivity (Wildman–Crippen MR) is 135 cm³/mol. The zero-order chi connectivity index (χ0) is 24.6. The molecule has 0 aliphatic carbocycles. The van der Waals surface area contributed by atoms with Crippen LogP contribution in [0.4, 0.5) is 5.69 Å². The number of aromatic amines is 1. The average molecular weight is 470 g/mol. The number of H-pyrrole nitrogens is 1. The first-order valence-corrected chi connectivity index (χ1v) is 11.5. The van der Waals surface area contributed by atoms with Gasteiger partial charge >= 0.3 is 5.97 Å². The molecule has 0 bridgehead atoms. The van der Waals surface area contributed by atoms with Crippen LogP contribution in [0.1, 0.15) is 40.9 Å². The van der Waals surface area contributed by atoms with E-state index in [4.69, 9.17) is 4.74 Å². The Hall–Kier alpha value is -4.39. The summed E-state index contributed by atoms with van der Waals surface area (Å²) in [6, 6.07) is 24.0. The van der Waals surface area contributed by atoms with Crippen LogP contribution in [0, 0.1) is 0 Å². The molecule has 7 nitrogen and oxygen atoms in total. The van der Waals surface area contributed by atoms with Gasteiger partial charge in [0, 0.05) is 23.5 Å². The van der Waals surface area contributed by atoms with Gasteiger partial charge in [-0.15, -0.1) is 0 Å². The Morgan fingerprint density at radius 3 is 2.46 bits per heavy atom. The average Bonchev–Trinajstić information content (AvgIpc) is 3.30. The van der Waals surface area contributed by atoms with Gasteiger partial charge < -0.3 is 20.4 Å². The molecule has 1 heterocycles. The summed E-state index contributed by atoms with van der Waals surface area (Å²) in [5.41, 5.74) is 3.68. The molecule has 1 atom stereocenters. The zero-order valence-corrected chi connectivity index (χ0v) is 19.4. The Bertz CT molecular complexity index is 1330. The zero-order valence-electron chi connectivity index (χ0n) is 19.4. The van der Waals surface area contributed by atoms with E-state index in [0.717, 1.165) is 22.0 Å². The second-order valence-corrected chi connectivity index (χ2v) is 8.22. The van der Waals surface area contributed by atoms with E-state index >= 15 is 0 Å². The van der Waals surface area contributed by atoms with Gasteiger partial charge in [0.15, 0.2) is 6.61 Å². The van der Waals surface area contributed by atoms with Crippen LogP contribution in [0.3, 0.4) is 0 Å². The SMILES string of the molecule is CC(NC(=O)c1ccccc1NC(=O)COC(=O)CCc1c[nH]c2ccccc12)c1ccccc1. The first kappa shape index (κ1) is 23.8. The lowest BCUT2D eigenvalue weighted by atomic mass is 10.1. The maximum atomic E-state index is 12.8. The number of aromatic nitrogens is 1. The molecule has 0 fully saturated rings. The van der Waals surface area contributed by atoms with Crippen LogP contribution in [0.5, 0.6) is 0 Å². The topological polar surface area (TPSA) is 100 Å². The highest BCUT2D eigenvalue weighted by atomic mass is 16.5. The number of ether oxygens (including phenoxy) is 1. The molecule has 1 aromatic heterocycles. The standard InChI is InChI=1S/C28H27N3O4/c1-19(20-9-3-2-4-10-20)30-28(34)23-12-6-8-14-25(23)31-26(32)18-35-27(33)16-15-21-17-29-24-13-7-5-11-22(21)24/h2-14,17,19,29H,15-16,18H2,1H3,(H,30,34)(H,31,32). The van der Waals surface area contributed by atoms with E-state index in [9.17, 15) is 14.4 Å². The van der Waals surface area contributed by atoms with Crippen molar-refractivity contribution in [3.05, 3.63) is 102 Å². The molecule has 0 aliphatic rings. The van der Waals surface area contributed by atoms with Crippen molar-refractivity contribution in [1.82, 2.24) is 10.3 Å². The van der Waals surface area contributed by atoms with E-state index in [-0.39, 0.29) is 18.4 Å². The number of fused-ring (bicyclic) bond motifs is 1. The quantitative estimate of drug-likeness (QED) is 0.307. The van der Waals surface area contributed by atoms with Crippen molar-refractivity contribution in [2.24, 2.45) is 0 Å². The Balaban J connectivity index is 1.28. The van der Waals surface area contributed by atoms with Crippen molar-refractivity contribution in [1.29, 1.82) is 0 Å². The van der Waals surface area contributed by atoms with Gasteiger partial charge in [0.05, 0.1) is 17.3 Å². The number of benzene rings is 3. The molecule has 0 spiro atoms. The molecular formula is C28H27N3O4. The molecule has 0 aliphatic heterocycles. The molecular weight excluding hydrogens is 442 g/mol. The molecule has 0 saturated carbocycles.